The predicted molar refractivity (Wildman–Crippen MR) is 78.2 cm³/mol. The fraction of sp³-hybridized carbons (Fsp3) is 0.333. The first-order chi connectivity index (χ1) is 9.57. The number of hydrogen-bond donors (Lipinski definition) is 1. The molecule has 0 spiro atoms. The molecular formula is C18H19FO. The Hall–Kier alpha value is -1.67. The second kappa shape index (κ2) is 5.02. The Morgan fingerprint density at radius 1 is 0.950 bits per heavy atom. The third-order valence-electron chi connectivity index (χ3n) is 4.30. The predicted octanol–water partition coefficient (Wildman–Crippen LogP) is 3.96. The number of fused-ring (bicyclic) bond motifs is 1. The molecule has 0 heterocycles. The van der Waals surface area contributed by atoms with E-state index in [9.17, 15) is 9.50 Å². The number of aryl methyl sites for hydroxylation is 2. The molecule has 104 valence electrons. The highest BCUT2D eigenvalue weighted by Gasteiger charge is 2.27. The fourth-order valence-corrected chi connectivity index (χ4v) is 2.99. The Morgan fingerprint density at radius 3 is 2.40 bits per heavy atom. The highest BCUT2D eigenvalue weighted by molar-refractivity contribution is 5.41. The van der Waals surface area contributed by atoms with Crippen LogP contribution in [0.3, 0.4) is 0 Å². The smallest absolute Gasteiger partial charge is 0.123 e. The SMILES string of the molecule is CC(O)(c1cccc(F)c1)c1ccc2c(c1)CCCC2. The van der Waals surface area contributed by atoms with Crippen molar-refractivity contribution < 1.29 is 9.50 Å². The van der Waals surface area contributed by atoms with E-state index in [0.717, 1.165) is 18.4 Å². The minimum Gasteiger partial charge on any atom is -0.381 e. The molecule has 0 amide bonds. The molecule has 20 heavy (non-hydrogen) atoms. The molecule has 0 fully saturated rings. The maximum Gasteiger partial charge on any atom is 0.123 e. The minimum absolute atomic E-state index is 0.319. The van der Waals surface area contributed by atoms with Gasteiger partial charge in [-0.3, -0.25) is 0 Å². The lowest BCUT2D eigenvalue weighted by atomic mass is 9.83. The van der Waals surface area contributed by atoms with E-state index < -0.39 is 5.60 Å². The normalized spacial score (nSPS) is 17.4. The summed E-state index contributed by atoms with van der Waals surface area (Å²) in [5.41, 5.74) is 2.98. The number of halogens is 1. The zero-order valence-electron chi connectivity index (χ0n) is 11.7. The van der Waals surface area contributed by atoms with E-state index in [0.29, 0.717) is 5.56 Å². The molecule has 0 bridgehead atoms. The molecule has 1 nitrogen and oxygen atoms in total. The molecule has 1 aliphatic rings. The van der Waals surface area contributed by atoms with Gasteiger partial charge in [0.05, 0.1) is 0 Å². The minimum atomic E-state index is -1.16. The molecule has 0 saturated carbocycles. The van der Waals surface area contributed by atoms with E-state index in [2.05, 4.69) is 12.1 Å². The maximum absolute atomic E-state index is 13.4. The van der Waals surface area contributed by atoms with Gasteiger partial charge in [0.15, 0.2) is 0 Å². The number of aliphatic hydroxyl groups is 1. The first kappa shape index (κ1) is 13.3. The van der Waals surface area contributed by atoms with Gasteiger partial charge in [0.1, 0.15) is 11.4 Å². The highest BCUT2D eigenvalue weighted by atomic mass is 19.1. The Balaban J connectivity index is 2.02. The molecule has 2 aromatic rings. The van der Waals surface area contributed by atoms with Gasteiger partial charge in [0, 0.05) is 0 Å². The molecule has 2 heteroatoms. The van der Waals surface area contributed by atoms with Gasteiger partial charge < -0.3 is 5.11 Å². The monoisotopic (exact) mass is 270 g/mol. The van der Waals surface area contributed by atoms with Gasteiger partial charge in [0.2, 0.25) is 0 Å². The van der Waals surface area contributed by atoms with Crippen LogP contribution in [0.15, 0.2) is 42.5 Å². The van der Waals surface area contributed by atoms with E-state index >= 15 is 0 Å². The summed E-state index contributed by atoms with van der Waals surface area (Å²) in [5, 5.41) is 10.8. The third kappa shape index (κ3) is 2.36. The summed E-state index contributed by atoms with van der Waals surface area (Å²) in [5.74, 6) is -0.319. The van der Waals surface area contributed by atoms with E-state index in [-0.39, 0.29) is 5.82 Å². The number of rotatable bonds is 2. The van der Waals surface area contributed by atoms with Gasteiger partial charge in [0.25, 0.3) is 0 Å². The first-order valence-electron chi connectivity index (χ1n) is 7.18. The standard InChI is InChI=1S/C18H19FO/c1-18(20,15-7-4-8-17(19)12-15)16-10-9-13-5-2-3-6-14(13)11-16/h4,7-12,20H,2-3,5-6H2,1H3. The Labute approximate surface area is 119 Å². The highest BCUT2D eigenvalue weighted by Crippen LogP contribution is 2.32. The van der Waals surface area contributed by atoms with Crippen molar-refractivity contribution in [1.29, 1.82) is 0 Å². The molecular weight excluding hydrogens is 251 g/mol. The zero-order valence-corrected chi connectivity index (χ0v) is 11.7. The number of benzene rings is 2. The first-order valence-corrected chi connectivity index (χ1v) is 7.18. The Bertz CT molecular complexity index is 631. The molecule has 1 N–H and O–H groups in total. The molecule has 0 aliphatic heterocycles. The molecule has 0 aromatic heterocycles. The van der Waals surface area contributed by atoms with Crippen LogP contribution < -0.4 is 0 Å². The van der Waals surface area contributed by atoms with Crippen LogP contribution in [0, 0.1) is 5.82 Å². The van der Waals surface area contributed by atoms with E-state index in [4.69, 9.17) is 0 Å². The van der Waals surface area contributed by atoms with Crippen LogP contribution in [-0.4, -0.2) is 5.11 Å². The van der Waals surface area contributed by atoms with Crippen molar-refractivity contribution in [3.63, 3.8) is 0 Å². The summed E-state index contributed by atoms with van der Waals surface area (Å²) in [6.45, 7) is 1.73. The zero-order chi connectivity index (χ0) is 14.2. The van der Waals surface area contributed by atoms with Crippen LogP contribution in [0.2, 0.25) is 0 Å². The molecule has 0 saturated heterocycles. The average molecular weight is 270 g/mol. The van der Waals surface area contributed by atoms with Crippen molar-refractivity contribution in [2.24, 2.45) is 0 Å². The van der Waals surface area contributed by atoms with E-state index in [1.54, 1.807) is 19.1 Å². The molecule has 1 atom stereocenters. The van der Waals surface area contributed by atoms with Crippen LogP contribution in [0.25, 0.3) is 0 Å². The van der Waals surface area contributed by atoms with Crippen LogP contribution in [0.1, 0.15) is 42.0 Å². The Kier molecular flexibility index (Phi) is 3.35. The second-order valence-corrected chi connectivity index (χ2v) is 5.77. The van der Waals surface area contributed by atoms with Gasteiger partial charge in [-0.25, -0.2) is 4.39 Å². The van der Waals surface area contributed by atoms with Crippen molar-refractivity contribution in [2.45, 2.75) is 38.2 Å². The van der Waals surface area contributed by atoms with Gasteiger partial charge in [-0.2, -0.15) is 0 Å². The lowest BCUT2D eigenvalue weighted by molar-refractivity contribution is 0.102. The number of hydrogen-bond acceptors (Lipinski definition) is 1. The van der Waals surface area contributed by atoms with Gasteiger partial charge in [-0.15, -0.1) is 0 Å². The fourth-order valence-electron chi connectivity index (χ4n) is 2.99. The molecule has 3 rings (SSSR count). The summed E-state index contributed by atoms with van der Waals surface area (Å²) in [6.07, 6.45) is 4.64. The van der Waals surface area contributed by atoms with Gasteiger partial charge in [-0.1, -0.05) is 30.3 Å². The summed E-state index contributed by atoms with van der Waals surface area (Å²) in [7, 11) is 0. The second-order valence-electron chi connectivity index (χ2n) is 5.77. The quantitative estimate of drug-likeness (QED) is 0.875. The largest absolute Gasteiger partial charge is 0.381 e. The van der Waals surface area contributed by atoms with Gasteiger partial charge in [-0.05, 0) is 67.0 Å². The lowest BCUT2D eigenvalue weighted by Gasteiger charge is -2.27. The molecule has 0 radical (unpaired) electrons. The van der Waals surface area contributed by atoms with Crippen molar-refractivity contribution in [2.75, 3.05) is 0 Å². The van der Waals surface area contributed by atoms with Crippen molar-refractivity contribution in [3.8, 4) is 0 Å². The summed E-state index contributed by atoms with van der Waals surface area (Å²) >= 11 is 0. The van der Waals surface area contributed by atoms with Crippen molar-refractivity contribution >= 4 is 0 Å². The molecule has 1 aliphatic carbocycles. The van der Waals surface area contributed by atoms with Gasteiger partial charge >= 0.3 is 0 Å². The van der Waals surface area contributed by atoms with Crippen LogP contribution in [0.5, 0.6) is 0 Å². The Morgan fingerprint density at radius 2 is 1.65 bits per heavy atom. The topological polar surface area (TPSA) is 20.2 Å². The van der Waals surface area contributed by atoms with Crippen LogP contribution in [-0.2, 0) is 18.4 Å². The summed E-state index contributed by atoms with van der Waals surface area (Å²) in [4.78, 5) is 0. The van der Waals surface area contributed by atoms with Crippen molar-refractivity contribution in [1.82, 2.24) is 0 Å². The average Bonchev–Trinajstić information content (AvgIpc) is 2.46. The van der Waals surface area contributed by atoms with E-state index in [1.165, 1.54) is 36.1 Å². The van der Waals surface area contributed by atoms with E-state index in [1.807, 2.05) is 6.07 Å². The summed E-state index contributed by atoms with van der Waals surface area (Å²) in [6, 6.07) is 12.4. The van der Waals surface area contributed by atoms with Crippen molar-refractivity contribution in [3.05, 3.63) is 70.5 Å². The maximum atomic E-state index is 13.4. The lowest BCUT2D eigenvalue weighted by Crippen LogP contribution is -2.23. The molecule has 2 aromatic carbocycles. The molecule has 1 unspecified atom stereocenters. The summed E-state index contributed by atoms with van der Waals surface area (Å²) < 4.78 is 13.4. The van der Waals surface area contributed by atoms with Crippen LogP contribution >= 0.6 is 0 Å². The third-order valence-corrected chi connectivity index (χ3v) is 4.30. The van der Waals surface area contributed by atoms with Crippen LogP contribution in [0.4, 0.5) is 4.39 Å².